The number of aliphatic hydroxyl groups is 1. The van der Waals surface area contributed by atoms with Crippen LogP contribution in [0.3, 0.4) is 0 Å². The third-order valence-corrected chi connectivity index (χ3v) is 5.39. The van der Waals surface area contributed by atoms with Crippen molar-refractivity contribution in [3.8, 4) is 5.75 Å². The van der Waals surface area contributed by atoms with Crippen LogP contribution in [-0.2, 0) is 0 Å². The van der Waals surface area contributed by atoms with E-state index in [1.807, 2.05) is 31.2 Å². The quantitative estimate of drug-likeness (QED) is 0.828. The molecule has 0 aliphatic carbocycles. The monoisotopic (exact) mass is 357 g/mol. The van der Waals surface area contributed by atoms with Gasteiger partial charge in [-0.1, -0.05) is 13.0 Å². The summed E-state index contributed by atoms with van der Waals surface area (Å²) in [6.07, 6.45) is 4.20. The number of benzene rings is 1. The number of β-amino-alcohol motifs (C(OH)–C–C–N with tert-alkyl or cyclic N) is 1. The van der Waals surface area contributed by atoms with Crippen molar-refractivity contribution in [3.05, 3.63) is 30.5 Å². The Kier molecular flexibility index (Phi) is 5.68. The zero-order chi connectivity index (χ0) is 18.7. The fourth-order valence-corrected chi connectivity index (χ4v) is 3.89. The van der Waals surface area contributed by atoms with Gasteiger partial charge in [-0.3, -0.25) is 9.88 Å². The van der Waals surface area contributed by atoms with E-state index in [9.17, 15) is 5.11 Å². The maximum Gasteiger partial charge on any atom is 0.121 e. The van der Waals surface area contributed by atoms with Gasteiger partial charge in [0, 0.05) is 36.8 Å². The molecule has 0 unspecified atom stereocenters. The highest BCUT2D eigenvalue weighted by Gasteiger charge is 2.30. The van der Waals surface area contributed by atoms with Crippen molar-refractivity contribution in [2.75, 3.05) is 32.1 Å². The van der Waals surface area contributed by atoms with Crippen molar-refractivity contribution < 1.29 is 9.84 Å². The first-order chi connectivity index (χ1) is 12.4. The van der Waals surface area contributed by atoms with E-state index in [2.05, 4.69) is 29.0 Å². The third-order valence-electron chi connectivity index (χ3n) is 5.39. The molecule has 2 aromatic rings. The minimum Gasteiger partial charge on any atom is -0.497 e. The average molecular weight is 357 g/mol. The highest BCUT2D eigenvalue weighted by Crippen LogP contribution is 2.29. The van der Waals surface area contributed by atoms with E-state index >= 15 is 0 Å². The molecule has 5 heteroatoms. The van der Waals surface area contributed by atoms with Crippen molar-refractivity contribution in [3.63, 3.8) is 0 Å². The SMILES string of the molecule is COc1cc(NC[C@](C)(O)CN2CC[C@@H](C)C[C@H]2C)c2ncccc2c1. The Bertz CT molecular complexity index is 747. The van der Waals surface area contributed by atoms with Crippen LogP contribution < -0.4 is 10.1 Å². The van der Waals surface area contributed by atoms with Crippen molar-refractivity contribution in [1.82, 2.24) is 9.88 Å². The number of hydrogen-bond donors (Lipinski definition) is 2. The van der Waals surface area contributed by atoms with Gasteiger partial charge in [-0.2, -0.15) is 0 Å². The lowest BCUT2D eigenvalue weighted by Crippen LogP contribution is -2.51. The number of nitrogens with zero attached hydrogens (tertiary/aromatic N) is 2. The van der Waals surface area contributed by atoms with Crippen molar-refractivity contribution in [2.45, 2.75) is 45.3 Å². The van der Waals surface area contributed by atoms with E-state index in [-0.39, 0.29) is 0 Å². The molecule has 0 spiro atoms. The number of fused-ring (bicyclic) bond motifs is 1. The van der Waals surface area contributed by atoms with E-state index in [0.29, 0.717) is 19.1 Å². The molecule has 142 valence electrons. The van der Waals surface area contributed by atoms with E-state index in [4.69, 9.17) is 4.74 Å². The lowest BCUT2D eigenvalue weighted by Gasteiger charge is -2.40. The van der Waals surface area contributed by atoms with E-state index < -0.39 is 5.60 Å². The Hall–Kier alpha value is -1.85. The molecule has 3 rings (SSSR count). The Morgan fingerprint density at radius 3 is 2.92 bits per heavy atom. The highest BCUT2D eigenvalue weighted by atomic mass is 16.5. The summed E-state index contributed by atoms with van der Waals surface area (Å²) in [4.78, 5) is 6.89. The van der Waals surface area contributed by atoms with Crippen molar-refractivity contribution >= 4 is 16.6 Å². The van der Waals surface area contributed by atoms with Crippen LogP contribution in [0.4, 0.5) is 5.69 Å². The van der Waals surface area contributed by atoms with Crippen LogP contribution in [-0.4, -0.2) is 53.4 Å². The number of methoxy groups -OCH3 is 1. The fourth-order valence-electron chi connectivity index (χ4n) is 3.89. The summed E-state index contributed by atoms with van der Waals surface area (Å²) in [5.41, 5.74) is 0.962. The summed E-state index contributed by atoms with van der Waals surface area (Å²) in [5.74, 6) is 1.56. The Morgan fingerprint density at radius 1 is 1.38 bits per heavy atom. The molecule has 26 heavy (non-hydrogen) atoms. The summed E-state index contributed by atoms with van der Waals surface area (Å²) in [6, 6.07) is 8.37. The van der Waals surface area contributed by atoms with Crippen LogP contribution in [0.2, 0.25) is 0 Å². The number of ether oxygens (including phenoxy) is 1. The summed E-state index contributed by atoms with van der Waals surface area (Å²) in [7, 11) is 1.66. The van der Waals surface area contributed by atoms with Crippen LogP contribution in [0.1, 0.15) is 33.6 Å². The van der Waals surface area contributed by atoms with E-state index in [1.54, 1.807) is 13.3 Å². The van der Waals surface area contributed by atoms with Crippen LogP contribution in [0.25, 0.3) is 10.9 Å². The topological polar surface area (TPSA) is 57.6 Å². The molecule has 5 nitrogen and oxygen atoms in total. The second kappa shape index (κ2) is 7.80. The van der Waals surface area contributed by atoms with Crippen LogP contribution in [0.15, 0.2) is 30.5 Å². The average Bonchev–Trinajstić information content (AvgIpc) is 2.62. The van der Waals surface area contributed by atoms with Gasteiger partial charge in [-0.05, 0) is 51.3 Å². The molecule has 1 fully saturated rings. The predicted octanol–water partition coefficient (Wildman–Crippen LogP) is 3.53. The van der Waals surface area contributed by atoms with Gasteiger partial charge in [0.2, 0.25) is 0 Å². The molecular formula is C21H31N3O2. The van der Waals surface area contributed by atoms with Gasteiger partial charge < -0.3 is 15.2 Å². The number of aromatic nitrogens is 1. The molecule has 1 saturated heterocycles. The van der Waals surface area contributed by atoms with Crippen LogP contribution >= 0.6 is 0 Å². The third kappa shape index (κ3) is 4.46. The molecule has 0 radical (unpaired) electrons. The van der Waals surface area contributed by atoms with Crippen molar-refractivity contribution in [2.24, 2.45) is 5.92 Å². The first-order valence-electron chi connectivity index (χ1n) is 9.51. The summed E-state index contributed by atoms with van der Waals surface area (Å²) in [5, 5.41) is 15.4. The molecule has 0 bridgehead atoms. The maximum absolute atomic E-state index is 11.0. The number of likely N-dealkylation sites (tertiary alicyclic amines) is 1. The Morgan fingerprint density at radius 2 is 2.19 bits per heavy atom. The molecule has 2 N–H and O–H groups in total. The minimum absolute atomic E-state index is 0.463. The lowest BCUT2D eigenvalue weighted by atomic mass is 9.92. The van der Waals surface area contributed by atoms with Gasteiger partial charge in [-0.15, -0.1) is 0 Å². The van der Waals surface area contributed by atoms with Gasteiger partial charge >= 0.3 is 0 Å². The zero-order valence-electron chi connectivity index (χ0n) is 16.3. The minimum atomic E-state index is -0.820. The van der Waals surface area contributed by atoms with Crippen molar-refractivity contribution in [1.29, 1.82) is 0 Å². The van der Waals surface area contributed by atoms with Crippen LogP contribution in [0.5, 0.6) is 5.75 Å². The molecule has 1 aliphatic heterocycles. The second-order valence-electron chi connectivity index (χ2n) is 8.05. The summed E-state index contributed by atoms with van der Waals surface area (Å²) < 4.78 is 5.40. The Labute approximate surface area is 156 Å². The highest BCUT2D eigenvalue weighted by molar-refractivity contribution is 5.91. The van der Waals surface area contributed by atoms with Gasteiger partial charge in [0.25, 0.3) is 0 Å². The zero-order valence-corrected chi connectivity index (χ0v) is 16.3. The van der Waals surface area contributed by atoms with E-state index in [0.717, 1.165) is 34.8 Å². The first kappa shape index (κ1) is 18.9. The smallest absolute Gasteiger partial charge is 0.121 e. The number of piperidine rings is 1. The number of nitrogens with one attached hydrogen (secondary N) is 1. The number of rotatable bonds is 6. The maximum atomic E-state index is 11.0. The second-order valence-corrected chi connectivity index (χ2v) is 8.05. The Balaban J connectivity index is 1.70. The number of hydrogen-bond acceptors (Lipinski definition) is 5. The largest absolute Gasteiger partial charge is 0.497 e. The van der Waals surface area contributed by atoms with Gasteiger partial charge in [0.05, 0.1) is 23.9 Å². The standard InChI is InChI=1S/C21H31N3O2/c1-15-7-9-24(16(2)10-15)14-21(3,25)13-23-19-12-18(26-4)11-17-6-5-8-22-20(17)19/h5-6,8,11-12,15-16,23,25H,7,9-10,13-14H2,1-4H3/t15-,16-,21+/m1/s1. The summed E-state index contributed by atoms with van der Waals surface area (Å²) in [6.45, 7) is 8.67. The lowest BCUT2D eigenvalue weighted by molar-refractivity contribution is 0.00269. The van der Waals surface area contributed by atoms with Gasteiger partial charge in [0.1, 0.15) is 5.75 Å². The van der Waals surface area contributed by atoms with Crippen LogP contribution in [0, 0.1) is 5.92 Å². The number of anilines is 1. The molecule has 1 aliphatic rings. The molecule has 2 heterocycles. The number of pyridine rings is 1. The molecule has 1 aromatic carbocycles. The molecule has 1 aromatic heterocycles. The van der Waals surface area contributed by atoms with E-state index in [1.165, 1.54) is 12.8 Å². The molecular weight excluding hydrogens is 326 g/mol. The molecule has 3 atom stereocenters. The predicted molar refractivity (Wildman–Crippen MR) is 107 cm³/mol. The summed E-state index contributed by atoms with van der Waals surface area (Å²) >= 11 is 0. The fraction of sp³-hybridized carbons (Fsp3) is 0.571. The van der Waals surface area contributed by atoms with Gasteiger partial charge in [-0.25, -0.2) is 0 Å². The van der Waals surface area contributed by atoms with Gasteiger partial charge in [0.15, 0.2) is 0 Å². The normalized spacial score (nSPS) is 23.6. The molecule has 0 amide bonds. The molecule has 0 saturated carbocycles. The first-order valence-corrected chi connectivity index (χ1v) is 9.51.